The van der Waals surface area contributed by atoms with Gasteiger partial charge in [-0.1, -0.05) is 17.7 Å². The topological polar surface area (TPSA) is 76.2 Å². The number of carbonyl (C=O) groups excluding carboxylic acids is 2. The summed E-state index contributed by atoms with van der Waals surface area (Å²) in [7, 11) is 4.08. The predicted molar refractivity (Wildman–Crippen MR) is 106 cm³/mol. The zero-order valence-corrected chi connectivity index (χ0v) is 16.7. The number of amides is 1. The Bertz CT molecular complexity index is 895. The van der Waals surface area contributed by atoms with Crippen LogP contribution in [0.25, 0.3) is 5.76 Å². The fraction of sp³-hybridized carbons (Fsp3) is 0.286. The number of likely N-dealkylation sites (tertiary alicyclic amines) is 1. The highest BCUT2D eigenvalue weighted by Gasteiger charge is 2.48. The van der Waals surface area contributed by atoms with Crippen molar-refractivity contribution in [2.75, 3.05) is 27.2 Å². The molecule has 146 valence electrons. The molecule has 1 aliphatic heterocycles. The molecule has 0 bridgehead atoms. The number of aliphatic hydroxyl groups is 1. The van der Waals surface area contributed by atoms with Gasteiger partial charge in [0.15, 0.2) is 6.20 Å². The van der Waals surface area contributed by atoms with Crippen LogP contribution in [0.1, 0.15) is 23.7 Å². The zero-order chi connectivity index (χ0) is 20.3. The van der Waals surface area contributed by atoms with Crippen molar-refractivity contribution in [3.63, 3.8) is 0 Å². The van der Waals surface area contributed by atoms with Gasteiger partial charge in [0.2, 0.25) is 5.69 Å². The lowest BCUT2D eigenvalue weighted by molar-refractivity contribution is -0.858. The summed E-state index contributed by atoms with van der Waals surface area (Å²) in [4.78, 5) is 31.5. The molecular formula is C21H24ClN3O3+2. The van der Waals surface area contributed by atoms with Gasteiger partial charge in [0.1, 0.15) is 11.8 Å². The number of rotatable bonds is 6. The van der Waals surface area contributed by atoms with Crippen molar-refractivity contribution < 1.29 is 24.6 Å². The lowest BCUT2D eigenvalue weighted by Gasteiger charge is -2.22. The van der Waals surface area contributed by atoms with Crippen LogP contribution < -0.4 is 9.88 Å². The second kappa shape index (κ2) is 8.54. The molecule has 0 radical (unpaired) electrons. The normalized spacial score (nSPS) is 18.9. The summed E-state index contributed by atoms with van der Waals surface area (Å²) in [5, 5.41) is 11.4. The Hall–Kier alpha value is -2.70. The molecule has 1 aliphatic rings. The highest BCUT2D eigenvalue weighted by Crippen LogP contribution is 2.37. The highest BCUT2D eigenvalue weighted by molar-refractivity contribution is 6.46. The fourth-order valence-corrected chi connectivity index (χ4v) is 3.50. The van der Waals surface area contributed by atoms with E-state index in [0.29, 0.717) is 22.8 Å². The van der Waals surface area contributed by atoms with Gasteiger partial charge < -0.3 is 14.9 Å². The summed E-state index contributed by atoms with van der Waals surface area (Å²) in [6.45, 7) is 1.30. The molecule has 1 fully saturated rings. The predicted octanol–water partition coefficient (Wildman–Crippen LogP) is 1.11. The Labute approximate surface area is 169 Å². The third-order valence-corrected chi connectivity index (χ3v) is 5.01. The van der Waals surface area contributed by atoms with E-state index in [1.165, 1.54) is 4.90 Å². The molecule has 2 aromatic rings. The van der Waals surface area contributed by atoms with E-state index in [1.54, 1.807) is 35.4 Å². The summed E-state index contributed by atoms with van der Waals surface area (Å²) in [5.41, 5.74) is 1.21. The maximum atomic E-state index is 12.8. The molecule has 1 aromatic heterocycles. The van der Waals surface area contributed by atoms with Crippen molar-refractivity contribution in [3.8, 4) is 0 Å². The molecule has 1 atom stereocenters. The first kappa shape index (κ1) is 20.0. The second-order valence-electron chi connectivity index (χ2n) is 7.13. The number of benzene rings is 1. The molecule has 3 rings (SSSR count). The largest absolute Gasteiger partial charge is 0.507 e. The molecule has 1 unspecified atom stereocenters. The molecule has 1 aromatic carbocycles. The molecule has 6 nitrogen and oxygen atoms in total. The number of pyridine rings is 1. The summed E-state index contributed by atoms with van der Waals surface area (Å²) in [6.07, 6.45) is 2.49. The van der Waals surface area contributed by atoms with E-state index in [2.05, 4.69) is 4.98 Å². The molecule has 28 heavy (non-hydrogen) atoms. The summed E-state index contributed by atoms with van der Waals surface area (Å²) < 4.78 is 0. The van der Waals surface area contributed by atoms with Crippen molar-refractivity contribution in [3.05, 3.63) is 70.5 Å². The highest BCUT2D eigenvalue weighted by atomic mass is 35.5. The number of nitrogens with zero attached hydrogens (tertiary/aromatic N) is 1. The van der Waals surface area contributed by atoms with Gasteiger partial charge in [-0.05, 0) is 24.3 Å². The Morgan fingerprint density at radius 2 is 1.89 bits per heavy atom. The lowest BCUT2D eigenvalue weighted by Crippen LogP contribution is -3.05. The van der Waals surface area contributed by atoms with Gasteiger partial charge in [-0.2, -0.15) is 0 Å². The molecule has 2 heterocycles. The smallest absolute Gasteiger partial charge is 0.295 e. The Morgan fingerprint density at radius 3 is 2.50 bits per heavy atom. The minimum atomic E-state index is -0.674. The van der Waals surface area contributed by atoms with Crippen LogP contribution in [0, 0.1) is 0 Å². The number of H-pyrrole nitrogens is 1. The second-order valence-corrected chi connectivity index (χ2v) is 7.56. The Morgan fingerprint density at radius 1 is 1.18 bits per heavy atom. The number of quaternary nitrogens is 1. The quantitative estimate of drug-likeness (QED) is 0.432. The van der Waals surface area contributed by atoms with Crippen LogP contribution in [0.3, 0.4) is 0 Å². The number of hydrogen-bond donors (Lipinski definition) is 2. The van der Waals surface area contributed by atoms with Crippen molar-refractivity contribution >= 4 is 29.1 Å². The van der Waals surface area contributed by atoms with Gasteiger partial charge in [-0.3, -0.25) is 9.59 Å². The van der Waals surface area contributed by atoms with Crippen LogP contribution in [0.15, 0.2) is 54.2 Å². The molecule has 0 saturated carbocycles. The standard InChI is InChI=1S/C21H22ClN3O3/c1-24(2)12-5-13-25-18(16-6-3-4-11-23-16)17(20(27)21(25)28)19(26)14-7-9-15(22)10-8-14/h3-4,6-11,18,26H,5,12-13H2,1-2H3/p+2. The van der Waals surface area contributed by atoms with Crippen LogP contribution in [-0.2, 0) is 9.59 Å². The molecule has 0 spiro atoms. The summed E-state index contributed by atoms with van der Waals surface area (Å²) in [5.74, 6) is -1.46. The van der Waals surface area contributed by atoms with Crippen LogP contribution in [-0.4, -0.2) is 48.9 Å². The first-order valence-electron chi connectivity index (χ1n) is 9.20. The van der Waals surface area contributed by atoms with Gasteiger partial charge in [-0.25, -0.2) is 4.98 Å². The van der Waals surface area contributed by atoms with E-state index in [0.717, 1.165) is 13.0 Å². The van der Waals surface area contributed by atoms with Crippen molar-refractivity contribution in [2.24, 2.45) is 0 Å². The van der Waals surface area contributed by atoms with Gasteiger partial charge in [-0.15, -0.1) is 0 Å². The van der Waals surface area contributed by atoms with E-state index in [9.17, 15) is 14.7 Å². The number of aromatic amines is 1. The van der Waals surface area contributed by atoms with E-state index in [4.69, 9.17) is 11.6 Å². The minimum Gasteiger partial charge on any atom is -0.507 e. The molecule has 1 amide bonds. The first-order valence-corrected chi connectivity index (χ1v) is 9.58. The van der Waals surface area contributed by atoms with E-state index in [1.807, 2.05) is 32.3 Å². The van der Waals surface area contributed by atoms with Gasteiger partial charge in [0.25, 0.3) is 11.7 Å². The molecule has 0 aliphatic carbocycles. The monoisotopic (exact) mass is 401 g/mol. The van der Waals surface area contributed by atoms with Crippen molar-refractivity contribution in [2.45, 2.75) is 12.5 Å². The number of aromatic nitrogens is 1. The maximum absolute atomic E-state index is 12.8. The van der Waals surface area contributed by atoms with Crippen LogP contribution in [0.4, 0.5) is 0 Å². The first-order chi connectivity index (χ1) is 13.4. The Kier molecular flexibility index (Phi) is 6.11. The number of halogens is 1. The number of hydrogen-bond acceptors (Lipinski definition) is 3. The van der Waals surface area contributed by atoms with E-state index >= 15 is 0 Å². The summed E-state index contributed by atoms with van der Waals surface area (Å²) >= 11 is 5.92. The average Bonchev–Trinajstić information content (AvgIpc) is 2.93. The number of Topliss-reactive ketones (excluding diaryl/α,β-unsaturated/α-hetero) is 1. The van der Waals surface area contributed by atoms with E-state index < -0.39 is 17.7 Å². The minimum absolute atomic E-state index is 0.0898. The number of aliphatic hydroxyl groups excluding tert-OH is 1. The van der Waals surface area contributed by atoms with Crippen LogP contribution in [0.5, 0.6) is 0 Å². The average molecular weight is 402 g/mol. The van der Waals surface area contributed by atoms with Crippen molar-refractivity contribution in [1.82, 2.24) is 4.90 Å². The van der Waals surface area contributed by atoms with Crippen LogP contribution in [0.2, 0.25) is 5.02 Å². The zero-order valence-electron chi connectivity index (χ0n) is 15.9. The van der Waals surface area contributed by atoms with Gasteiger partial charge in [0.05, 0.1) is 26.2 Å². The van der Waals surface area contributed by atoms with E-state index in [-0.39, 0.29) is 11.3 Å². The third kappa shape index (κ3) is 4.08. The number of ketones is 1. The Balaban J connectivity index is 2.06. The molecule has 1 saturated heterocycles. The maximum Gasteiger partial charge on any atom is 0.295 e. The lowest BCUT2D eigenvalue weighted by atomic mass is 9.98. The summed E-state index contributed by atoms with van der Waals surface area (Å²) in [6, 6.07) is 11.3. The van der Waals surface area contributed by atoms with Gasteiger partial charge in [0, 0.05) is 35.7 Å². The molecule has 3 N–H and O–H groups in total. The van der Waals surface area contributed by atoms with Crippen molar-refractivity contribution in [1.29, 1.82) is 0 Å². The third-order valence-electron chi connectivity index (χ3n) is 4.76. The number of nitrogens with one attached hydrogen (secondary N) is 2. The van der Waals surface area contributed by atoms with Crippen LogP contribution >= 0.6 is 11.6 Å². The fourth-order valence-electron chi connectivity index (χ4n) is 3.38. The molecular weight excluding hydrogens is 378 g/mol. The SMILES string of the molecule is C[NH+](C)CCCN1C(=O)C(=O)C(=C(O)c2ccc(Cl)cc2)C1c1cccc[nH+]1. The number of carbonyl (C=O) groups is 2. The molecule has 7 heteroatoms. The van der Waals surface area contributed by atoms with Gasteiger partial charge >= 0.3 is 0 Å².